The molecule has 16 heavy (non-hydrogen) atoms. The number of benzene rings is 1. The van der Waals surface area contributed by atoms with Gasteiger partial charge in [0.15, 0.2) is 0 Å². The van der Waals surface area contributed by atoms with E-state index >= 15 is 0 Å². The Bertz CT molecular complexity index is 424. The molecule has 0 aliphatic carbocycles. The summed E-state index contributed by atoms with van der Waals surface area (Å²) in [7, 11) is 1.52. The summed E-state index contributed by atoms with van der Waals surface area (Å²) in [6.45, 7) is 0.607. The monoisotopic (exact) mass is 219 g/mol. The molecule has 0 aromatic heterocycles. The molecule has 0 radical (unpaired) electrons. The van der Waals surface area contributed by atoms with Gasteiger partial charge >= 0.3 is 0 Å². The molecule has 0 heterocycles. The molecule has 5 nitrogen and oxygen atoms in total. The van der Waals surface area contributed by atoms with Crippen LogP contribution in [0.5, 0.6) is 5.75 Å². The lowest BCUT2D eigenvalue weighted by molar-refractivity contribution is -0.117. The molecule has 3 N–H and O–H groups in total. The van der Waals surface area contributed by atoms with Crippen molar-refractivity contribution in [2.24, 2.45) is 5.73 Å². The van der Waals surface area contributed by atoms with Gasteiger partial charge < -0.3 is 15.8 Å². The lowest BCUT2D eigenvalue weighted by Crippen LogP contribution is -2.28. The van der Waals surface area contributed by atoms with E-state index in [9.17, 15) is 4.79 Å². The highest BCUT2D eigenvalue weighted by atomic mass is 16.5. The predicted octanol–water partition coefficient (Wildman–Crippen LogP) is 0.142. The van der Waals surface area contributed by atoms with Gasteiger partial charge in [0.2, 0.25) is 5.91 Å². The average Bonchev–Trinajstić information content (AvgIpc) is 2.28. The first-order valence-corrected chi connectivity index (χ1v) is 4.73. The van der Waals surface area contributed by atoms with Crippen LogP contribution in [0.15, 0.2) is 18.2 Å². The van der Waals surface area contributed by atoms with Crippen LogP contribution >= 0.6 is 0 Å². The molecule has 1 aromatic rings. The molecule has 84 valence electrons. The van der Waals surface area contributed by atoms with Crippen molar-refractivity contribution in [3.8, 4) is 11.8 Å². The molecular weight excluding hydrogens is 206 g/mol. The Kier molecular flexibility index (Phi) is 4.30. The first kappa shape index (κ1) is 12.0. The number of carbonyl (C=O) groups excluding carboxylic acids is 1. The van der Waals surface area contributed by atoms with E-state index in [1.54, 1.807) is 12.1 Å². The molecule has 0 saturated carbocycles. The van der Waals surface area contributed by atoms with Gasteiger partial charge in [-0.15, -0.1) is 0 Å². The number of nitriles is 1. The number of rotatable bonds is 5. The van der Waals surface area contributed by atoms with Crippen LogP contribution < -0.4 is 15.8 Å². The lowest BCUT2D eigenvalue weighted by Gasteiger charge is -2.06. The summed E-state index contributed by atoms with van der Waals surface area (Å²) >= 11 is 0. The minimum atomic E-state index is -0.408. The maximum atomic E-state index is 10.5. The molecule has 0 fully saturated rings. The average molecular weight is 219 g/mol. The predicted molar refractivity (Wildman–Crippen MR) is 58.6 cm³/mol. The van der Waals surface area contributed by atoms with E-state index in [4.69, 9.17) is 15.7 Å². The Balaban J connectivity index is 2.69. The van der Waals surface area contributed by atoms with E-state index in [1.165, 1.54) is 7.11 Å². The Labute approximate surface area is 93.8 Å². The van der Waals surface area contributed by atoms with Crippen LogP contribution in [0, 0.1) is 11.3 Å². The van der Waals surface area contributed by atoms with Crippen molar-refractivity contribution < 1.29 is 9.53 Å². The van der Waals surface area contributed by atoms with Gasteiger partial charge in [-0.3, -0.25) is 4.79 Å². The molecule has 0 bridgehead atoms. The maximum Gasteiger partial charge on any atom is 0.231 e. The zero-order chi connectivity index (χ0) is 12.0. The van der Waals surface area contributed by atoms with Crippen molar-refractivity contribution in [2.45, 2.75) is 6.54 Å². The Morgan fingerprint density at radius 1 is 1.62 bits per heavy atom. The quantitative estimate of drug-likeness (QED) is 0.737. The summed E-state index contributed by atoms with van der Waals surface area (Å²) in [5.74, 6) is 0.134. The molecular formula is C11H13N3O2. The molecule has 0 aliphatic heterocycles. The van der Waals surface area contributed by atoms with Crippen LogP contribution in [-0.4, -0.2) is 19.6 Å². The van der Waals surface area contributed by atoms with Gasteiger partial charge in [0.1, 0.15) is 11.8 Å². The Hall–Kier alpha value is -2.06. The fourth-order valence-corrected chi connectivity index (χ4v) is 1.28. The second kappa shape index (κ2) is 5.73. The fourth-order valence-electron chi connectivity index (χ4n) is 1.28. The van der Waals surface area contributed by atoms with Crippen molar-refractivity contribution in [1.29, 1.82) is 5.26 Å². The summed E-state index contributed by atoms with van der Waals surface area (Å²) in [5.41, 5.74) is 6.36. The number of amides is 1. The molecule has 0 saturated heterocycles. The summed E-state index contributed by atoms with van der Waals surface area (Å²) in [6, 6.07) is 7.31. The molecule has 1 rings (SSSR count). The van der Waals surface area contributed by atoms with Crippen molar-refractivity contribution in [3.05, 3.63) is 29.3 Å². The van der Waals surface area contributed by atoms with E-state index in [1.807, 2.05) is 12.1 Å². The number of ether oxygens (including phenoxy) is 1. The number of methoxy groups -OCH3 is 1. The van der Waals surface area contributed by atoms with Crippen molar-refractivity contribution >= 4 is 5.91 Å². The number of hydrogen-bond donors (Lipinski definition) is 2. The van der Waals surface area contributed by atoms with Gasteiger partial charge in [0.05, 0.1) is 19.2 Å². The Morgan fingerprint density at radius 3 is 2.94 bits per heavy atom. The number of nitrogens with two attached hydrogens (primary N) is 1. The second-order valence-electron chi connectivity index (χ2n) is 3.22. The zero-order valence-electron chi connectivity index (χ0n) is 8.99. The molecule has 0 atom stereocenters. The second-order valence-corrected chi connectivity index (χ2v) is 3.22. The minimum Gasteiger partial charge on any atom is -0.495 e. The Morgan fingerprint density at radius 2 is 2.38 bits per heavy atom. The van der Waals surface area contributed by atoms with Gasteiger partial charge in [0.25, 0.3) is 0 Å². The first-order valence-electron chi connectivity index (χ1n) is 4.73. The van der Waals surface area contributed by atoms with Crippen molar-refractivity contribution in [2.75, 3.05) is 13.7 Å². The highest BCUT2D eigenvalue weighted by Crippen LogP contribution is 2.18. The van der Waals surface area contributed by atoms with Crippen LogP contribution in [0.1, 0.15) is 11.1 Å². The van der Waals surface area contributed by atoms with Crippen LogP contribution in [0.2, 0.25) is 0 Å². The smallest absolute Gasteiger partial charge is 0.231 e. The third-order valence-electron chi connectivity index (χ3n) is 2.01. The highest BCUT2D eigenvalue weighted by Gasteiger charge is 2.03. The van der Waals surface area contributed by atoms with Crippen LogP contribution in [0.3, 0.4) is 0 Å². The number of carbonyl (C=O) groups is 1. The van der Waals surface area contributed by atoms with Gasteiger partial charge in [-0.25, -0.2) is 0 Å². The molecule has 5 heteroatoms. The lowest BCUT2D eigenvalue weighted by atomic mass is 10.1. The molecule has 1 aromatic carbocycles. The zero-order valence-corrected chi connectivity index (χ0v) is 8.99. The number of hydrogen-bond acceptors (Lipinski definition) is 4. The van der Waals surface area contributed by atoms with Crippen LogP contribution in [-0.2, 0) is 11.3 Å². The van der Waals surface area contributed by atoms with Crippen molar-refractivity contribution in [1.82, 2.24) is 5.32 Å². The number of primary amides is 1. The summed E-state index contributed by atoms with van der Waals surface area (Å²) in [6.07, 6.45) is 0. The van der Waals surface area contributed by atoms with Gasteiger partial charge in [-0.1, -0.05) is 6.07 Å². The molecule has 0 aliphatic rings. The van der Waals surface area contributed by atoms with E-state index in [0.717, 1.165) is 5.56 Å². The molecule has 1 amide bonds. The van der Waals surface area contributed by atoms with E-state index < -0.39 is 5.91 Å². The van der Waals surface area contributed by atoms with E-state index in [-0.39, 0.29) is 6.54 Å². The van der Waals surface area contributed by atoms with Crippen LogP contribution in [0.4, 0.5) is 0 Å². The third kappa shape index (κ3) is 3.26. The van der Waals surface area contributed by atoms with Gasteiger partial charge in [0, 0.05) is 6.54 Å². The van der Waals surface area contributed by atoms with E-state index in [0.29, 0.717) is 17.9 Å². The SMILES string of the molecule is COc1ccc(CNCC(N)=O)cc1C#N. The minimum absolute atomic E-state index is 0.119. The van der Waals surface area contributed by atoms with Gasteiger partial charge in [-0.05, 0) is 17.7 Å². The van der Waals surface area contributed by atoms with Gasteiger partial charge in [-0.2, -0.15) is 5.26 Å². The summed E-state index contributed by atoms with van der Waals surface area (Å²) in [4.78, 5) is 10.5. The number of nitrogens with zero attached hydrogens (tertiary/aromatic N) is 1. The first-order chi connectivity index (χ1) is 7.67. The molecule has 0 unspecified atom stereocenters. The third-order valence-corrected chi connectivity index (χ3v) is 2.01. The number of nitrogens with one attached hydrogen (secondary N) is 1. The summed E-state index contributed by atoms with van der Waals surface area (Å²) in [5, 5.41) is 11.7. The standard InChI is InChI=1S/C11H13N3O2/c1-16-10-3-2-8(4-9(10)5-12)6-14-7-11(13)15/h2-4,14H,6-7H2,1H3,(H2,13,15). The summed E-state index contributed by atoms with van der Waals surface area (Å²) < 4.78 is 5.02. The normalized spacial score (nSPS) is 9.50. The van der Waals surface area contributed by atoms with Crippen molar-refractivity contribution in [3.63, 3.8) is 0 Å². The van der Waals surface area contributed by atoms with E-state index in [2.05, 4.69) is 5.32 Å². The molecule has 0 spiro atoms. The highest BCUT2D eigenvalue weighted by molar-refractivity contribution is 5.75. The maximum absolute atomic E-state index is 10.5. The fraction of sp³-hybridized carbons (Fsp3) is 0.273. The van der Waals surface area contributed by atoms with Crippen LogP contribution in [0.25, 0.3) is 0 Å². The largest absolute Gasteiger partial charge is 0.495 e. The topological polar surface area (TPSA) is 88.1 Å².